The van der Waals surface area contributed by atoms with Crippen molar-refractivity contribution in [3.63, 3.8) is 0 Å². The Morgan fingerprint density at radius 2 is 2.04 bits per heavy atom. The Hall–Kier alpha value is -2.96. The van der Waals surface area contributed by atoms with Gasteiger partial charge in [-0.25, -0.2) is 4.98 Å². The zero-order chi connectivity index (χ0) is 19.6. The molecule has 0 aliphatic carbocycles. The highest BCUT2D eigenvalue weighted by molar-refractivity contribution is 7.10. The monoisotopic (exact) mass is 376 g/mol. The van der Waals surface area contributed by atoms with Crippen LogP contribution in [0.5, 0.6) is 5.75 Å². The van der Waals surface area contributed by atoms with Gasteiger partial charge in [0.15, 0.2) is 0 Å². The van der Waals surface area contributed by atoms with Gasteiger partial charge in [0.2, 0.25) is 0 Å². The topological polar surface area (TPSA) is 82.1 Å². The number of rotatable bonds is 4. The number of aryl methyl sites for hydroxylation is 1. The molecule has 0 saturated carbocycles. The predicted molar refractivity (Wildman–Crippen MR) is 107 cm³/mol. The number of nitriles is 2. The van der Waals surface area contributed by atoms with E-state index >= 15 is 0 Å². The van der Waals surface area contributed by atoms with Crippen molar-refractivity contribution in [2.24, 2.45) is 10.9 Å². The molecule has 0 bridgehead atoms. The number of benzene rings is 1. The molecule has 0 radical (unpaired) electrons. The highest BCUT2D eigenvalue weighted by atomic mass is 32.1. The number of allylic oxidation sites excluding steroid dienone is 2. The maximum Gasteiger partial charge on any atom is 0.124 e. The van der Waals surface area contributed by atoms with Crippen molar-refractivity contribution >= 4 is 22.6 Å². The third-order valence-corrected chi connectivity index (χ3v) is 5.73. The number of ether oxygens (including phenoxy) is 1. The zero-order valence-corrected chi connectivity index (χ0v) is 16.6. The highest BCUT2D eigenvalue weighted by Gasteiger charge is 2.37. The number of hydrogen-bond acceptors (Lipinski definition) is 6. The summed E-state index contributed by atoms with van der Waals surface area (Å²) in [6, 6.07) is 9.94. The fourth-order valence-electron chi connectivity index (χ4n) is 3.47. The molecule has 2 aromatic rings. The van der Waals surface area contributed by atoms with Crippen LogP contribution >= 0.6 is 11.3 Å². The number of methoxy groups -OCH3 is 1. The maximum absolute atomic E-state index is 9.92. The summed E-state index contributed by atoms with van der Waals surface area (Å²) in [5, 5.41) is 22.0. The maximum atomic E-state index is 9.92. The molecule has 6 heteroatoms. The molecule has 1 aromatic heterocycles. The molecule has 0 fully saturated rings. The lowest BCUT2D eigenvalue weighted by Crippen LogP contribution is -2.25. The van der Waals surface area contributed by atoms with E-state index in [4.69, 9.17) is 9.73 Å². The molecule has 27 heavy (non-hydrogen) atoms. The second-order valence-electron chi connectivity index (χ2n) is 6.41. The summed E-state index contributed by atoms with van der Waals surface area (Å²) in [4.78, 5) is 9.41. The van der Waals surface area contributed by atoms with Gasteiger partial charge >= 0.3 is 0 Å². The van der Waals surface area contributed by atoms with Gasteiger partial charge in [0.1, 0.15) is 10.8 Å². The van der Waals surface area contributed by atoms with E-state index in [1.165, 1.54) is 0 Å². The van der Waals surface area contributed by atoms with Crippen LogP contribution in [0.2, 0.25) is 0 Å². The second-order valence-corrected chi connectivity index (χ2v) is 7.27. The molecule has 0 saturated heterocycles. The third kappa shape index (κ3) is 3.37. The van der Waals surface area contributed by atoms with Crippen molar-refractivity contribution in [1.29, 1.82) is 10.5 Å². The molecule has 0 spiro atoms. The van der Waals surface area contributed by atoms with Crippen molar-refractivity contribution in [1.82, 2.24) is 4.98 Å². The minimum Gasteiger partial charge on any atom is -0.496 e. The Kier molecular flexibility index (Phi) is 5.39. The minimum atomic E-state index is -0.415. The van der Waals surface area contributed by atoms with Gasteiger partial charge < -0.3 is 4.74 Å². The van der Waals surface area contributed by atoms with Crippen LogP contribution in [-0.2, 0) is 0 Å². The molecule has 3 rings (SSSR count). The van der Waals surface area contributed by atoms with Gasteiger partial charge in [-0.1, -0.05) is 13.0 Å². The zero-order valence-electron chi connectivity index (χ0n) is 15.8. The molecule has 0 N–H and O–H groups in total. The summed E-state index contributed by atoms with van der Waals surface area (Å²) in [6.07, 6.45) is 0.749. The van der Waals surface area contributed by atoms with Crippen LogP contribution in [-0.4, -0.2) is 17.8 Å². The lowest BCUT2D eigenvalue weighted by atomic mass is 9.75. The van der Waals surface area contributed by atoms with Gasteiger partial charge in [0.05, 0.1) is 30.7 Å². The molecule has 2 atom stereocenters. The largest absolute Gasteiger partial charge is 0.496 e. The third-order valence-electron chi connectivity index (χ3n) is 4.74. The Bertz CT molecular complexity index is 1020. The van der Waals surface area contributed by atoms with Crippen LogP contribution < -0.4 is 4.74 Å². The Labute approximate surface area is 163 Å². The first-order valence-electron chi connectivity index (χ1n) is 8.72. The molecule has 2 unspecified atom stereocenters. The first-order chi connectivity index (χ1) is 13.0. The van der Waals surface area contributed by atoms with Crippen LogP contribution in [0.25, 0.3) is 5.57 Å². The van der Waals surface area contributed by atoms with Crippen molar-refractivity contribution in [3.05, 3.63) is 51.1 Å². The van der Waals surface area contributed by atoms with Crippen LogP contribution in [0.15, 0.2) is 34.3 Å². The molecule has 136 valence electrons. The van der Waals surface area contributed by atoms with E-state index in [-0.39, 0.29) is 5.92 Å². The number of hydrogen-bond donors (Lipinski definition) is 0. The van der Waals surface area contributed by atoms with E-state index in [9.17, 15) is 10.5 Å². The summed E-state index contributed by atoms with van der Waals surface area (Å²) in [7, 11) is 1.59. The average Bonchev–Trinajstić information content (AvgIpc) is 3.12. The minimum absolute atomic E-state index is 0.240. The Morgan fingerprint density at radius 1 is 1.26 bits per heavy atom. The summed E-state index contributed by atoms with van der Waals surface area (Å²) in [5.74, 6) is -0.0488. The van der Waals surface area contributed by atoms with E-state index in [0.29, 0.717) is 11.3 Å². The molecule has 2 heterocycles. The Morgan fingerprint density at radius 3 is 2.59 bits per heavy atom. The van der Waals surface area contributed by atoms with Crippen LogP contribution in [0.3, 0.4) is 0 Å². The second kappa shape index (κ2) is 7.73. The summed E-state index contributed by atoms with van der Waals surface area (Å²) in [5.41, 5.74) is 5.08. The summed E-state index contributed by atoms with van der Waals surface area (Å²) >= 11 is 1.57. The smallest absolute Gasteiger partial charge is 0.124 e. The number of nitrogens with zero attached hydrogens (tertiary/aromatic N) is 4. The average molecular weight is 376 g/mol. The van der Waals surface area contributed by atoms with Crippen molar-refractivity contribution in [2.45, 2.75) is 33.1 Å². The molecule has 5 nitrogen and oxygen atoms in total. The summed E-state index contributed by atoms with van der Waals surface area (Å²) in [6.45, 7) is 5.92. The molecule has 1 aliphatic heterocycles. The lowest BCUT2D eigenvalue weighted by Gasteiger charge is -2.31. The Balaban J connectivity index is 2.29. The fraction of sp³-hybridized carbons (Fsp3) is 0.333. The van der Waals surface area contributed by atoms with E-state index in [1.54, 1.807) is 30.6 Å². The van der Waals surface area contributed by atoms with Gasteiger partial charge in [-0.3, -0.25) is 4.99 Å². The van der Waals surface area contributed by atoms with Crippen molar-refractivity contribution in [3.8, 4) is 17.9 Å². The fourth-order valence-corrected chi connectivity index (χ4v) is 4.38. The van der Waals surface area contributed by atoms with Crippen LogP contribution in [0.4, 0.5) is 0 Å². The molecule has 1 aliphatic rings. The molecular weight excluding hydrogens is 356 g/mol. The normalized spacial score (nSPS) is 19.3. The van der Waals surface area contributed by atoms with E-state index in [1.807, 2.05) is 25.3 Å². The molecular formula is C21H20N4OS. The van der Waals surface area contributed by atoms with Gasteiger partial charge in [-0.15, -0.1) is 11.3 Å². The van der Waals surface area contributed by atoms with Crippen LogP contribution in [0, 0.1) is 35.5 Å². The molecule has 1 aromatic carbocycles. The highest BCUT2D eigenvalue weighted by Crippen LogP contribution is 2.47. The quantitative estimate of drug-likeness (QED) is 0.763. The van der Waals surface area contributed by atoms with E-state index in [0.717, 1.165) is 39.7 Å². The number of aliphatic imine (C=N–C) groups is 1. The van der Waals surface area contributed by atoms with Crippen LogP contribution in [0.1, 0.15) is 48.0 Å². The van der Waals surface area contributed by atoms with Crippen molar-refractivity contribution in [2.75, 3.05) is 7.11 Å². The van der Waals surface area contributed by atoms with Gasteiger partial charge in [0.25, 0.3) is 0 Å². The van der Waals surface area contributed by atoms with Gasteiger partial charge in [-0.05, 0) is 32.4 Å². The van der Waals surface area contributed by atoms with Crippen molar-refractivity contribution < 1.29 is 4.74 Å². The number of aromatic nitrogens is 1. The standard InChI is InChI=1S/C21H20N4OS/c1-5-17-20(21-24-12(2)11-27-21)19(16(10-23)13(3)25-17)15-7-6-14(9-22)8-18(15)26-4/h6-8,11,16,19H,5H2,1-4H3. The van der Waals surface area contributed by atoms with Gasteiger partial charge in [-0.2, -0.15) is 10.5 Å². The lowest BCUT2D eigenvalue weighted by molar-refractivity contribution is 0.407. The van der Waals surface area contributed by atoms with E-state index < -0.39 is 5.92 Å². The predicted octanol–water partition coefficient (Wildman–Crippen LogP) is 4.85. The SMILES string of the molecule is CCC1=C(c2nc(C)cs2)C(c2ccc(C#N)cc2OC)C(C#N)C(C)=N1. The van der Waals surface area contributed by atoms with Gasteiger partial charge in [0, 0.05) is 39.5 Å². The summed E-state index contributed by atoms with van der Waals surface area (Å²) < 4.78 is 5.59. The first-order valence-corrected chi connectivity index (χ1v) is 9.60. The molecule has 0 amide bonds. The number of thiazole rings is 1. The first kappa shape index (κ1) is 18.8. The van der Waals surface area contributed by atoms with E-state index in [2.05, 4.69) is 24.0 Å².